The van der Waals surface area contributed by atoms with Gasteiger partial charge in [-0.3, -0.25) is 9.59 Å². The van der Waals surface area contributed by atoms with Gasteiger partial charge in [-0.15, -0.1) is 0 Å². The Morgan fingerprint density at radius 3 is 1.30 bits per heavy atom. The summed E-state index contributed by atoms with van der Waals surface area (Å²) in [5.74, 6) is 0.988. The molecule has 4 aromatic carbocycles. The van der Waals surface area contributed by atoms with Crippen molar-refractivity contribution >= 4 is 23.2 Å². The van der Waals surface area contributed by atoms with Crippen molar-refractivity contribution in [2.24, 2.45) is 11.8 Å². The molecule has 0 aromatic heterocycles. The second-order valence-corrected chi connectivity index (χ2v) is 10.3. The van der Waals surface area contributed by atoms with Crippen molar-refractivity contribution in [3.63, 3.8) is 0 Å². The van der Waals surface area contributed by atoms with Gasteiger partial charge in [0.1, 0.15) is 0 Å². The third-order valence-corrected chi connectivity index (χ3v) is 7.56. The van der Waals surface area contributed by atoms with Gasteiger partial charge in [0.15, 0.2) is 0 Å². The lowest BCUT2D eigenvalue weighted by molar-refractivity contribution is -0.118. The molecule has 2 fully saturated rings. The fourth-order valence-electron chi connectivity index (χ4n) is 5.22. The number of hydrogen-bond donors (Lipinski definition) is 2. The molecule has 6 rings (SSSR count). The van der Waals surface area contributed by atoms with Gasteiger partial charge < -0.3 is 10.6 Å². The molecule has 2 saturated carbocycles. The standard InChI is InChI=1S/C33H30N2O2/c36-32(30-20-28(30)24-7-3-1-4-8-24)34-26-15-11-22(12-16-26)19-23-13-17-27(18-14-23)35-33(37)31-21-29(31)25-9-5-2-6-10-25/h1-18,28-31H,19-21H2,(H,34,36)(H,35,37)/t28-,29+,30-,31+. The van der Waals surface area contributed by atoms with Crippen LogP contribution in [0.3, 0.4) is 0 Å². The van der Waals surface area contributed by atoms with Crippen LogP contribution in [-0.2, 0) is 16.0 Å². The van der Waals surface area contributed by atoms with Gasteiger partial charge in [-0.2, -0.15) is 0 Å². The molecule has 4 atom stereocenters. The average molecular weight is 487 g/mol. The van der Waals surface area contributed by atoms with E-state index < -0.39 is 0 Å². The highest BCUT2D eigenvalue weighted by Gasteiger charge is 2.44. The molecule has 184 valence electrons. The zero-order chi connectivity index (χ0) is 25.2. The molecule has 2 amide bonds. The number of rotatable bonds is 8. The van der Waals surface area contributed by atoms with Crippen molar-refractivity contribution in [1.29, 1.82) is 0 Å². The molecule has 2 aliphatic rings. The van der Waals surface area contributed by atoms with Crippen molar-refractivity contribution in [2.75, 3.05) is 10.6 Å². The summed E-state index contributed by atoms with van der Waals surface area (Å²) in [5.41, 5.74) is 6.50. The number of hydrogen-bond acceptors (Lipinski definition) is 2. The van der Waals surface area contributed by atoms with Crippen LogP contribution in [0.5, 0.6) is 0 Å². The molecule has 4 heteroatoms. The number of benzene rings is 4. The predicted octanol–water partition coefficient (Wildman–Crippen LogP) is 6.76. The number of nitrogens with one attached hydrogen (secondary N) is 2. The molecule has 0 unspecified atom stereocenters. The Morgan fingerprint density at radius 2 is 0.919 bits per heavy atom. The van der Waals surface area contributed by atoms with E-state index in [1.54, 1.807) is 0 Å². The van der Waals surface area contributed by atoms with Crippen LogP contribution < -0.4 is 10.6 Å². The van der Waals surface area contributed by atoms with Crippen LogP contribution in [0.2, 0.25) is 0 Å². The van der Waals surface area contributed by atoms with Crippen LogP contribution in [0, 0.1) is 11.8 Å². The van der Waals surface area contributed by atoms with E-state index in [9.17, 15) is 9.59 Å². The maximum absolute atomic E-state index is 12.6. The van der Waals surface area contributed by atoms with Crippen LogP contribution in [0.1, 0.15) is 46.9 Å². The Hall–Kier alpha value is -4.18. The van der Waals surface area contributed by atoms with Gasteiger partial charge in [0.2, 0.25) is 11.8 Å². The minimum atomic E-state index is 0.0604. The normalized spacial score (nSPS) is 21.6. The highest BCUT2D eigenvalue weighted by molar-refractivity contribution is 5.96. The summed E-state index contributed by atoms with van der Waals surface area (Å²) in [6.45, 7) is 0. The summed E-state index contributed by atoms with van der Waals surface area (Å²) in [5, 5.41) is 6.14. The number of amides is 2. The molecule has 0 aliphatic heterocycles. The quantitative estimate of drug-likeness (QED) is 0.289. The topological polar surface area (TPSA) is 58.2 Å². The first-order chi connectivity index (χ1) is 18.1. The molecule has 0 bridgehead atoms. The molecular weight excluding hydrogens is 456 g/mol. The minimum Gasteiger partial charge on any atom is -0.326 e. The first-order valence-electron chi connectivity index (χ1n) is 13.0. The molecular formula is C33H30N2O2. The van der Waals surface area contributed by atoms with Gasteiger partial charge >= 0.3 is 0 Å². The van der Waals surface area contributed by atoms with E-state index in [1.807, 2.05) is 60.7 Å². The van der Waals surface area contributed by atoms with Gasteiger partial charge in [-0.25, -0.2) is 0 Å². The predicted molar refractivity (Wildman–Crippen MR) is 148 cm³/mol. The Kier molecular flexibility index (Phi) is 6.32. The highest BCUT2D eigenvalue weighted by Crippen LogP contribution is 2.48. The van der Waals surface area contributed by atoms with E-state index >= 15 is 0 Å². The molecule has 0 saturated heterocycles. The lowest BCUT2D eigenvalue weighted by atomic mass is 10.0. The van der Waals surface area contributed by atoms with Crippen LogP contribution in [0.4, 0.5) is 11.4 Å². The van der Waals surface area contributed by atoms with Gasteiger partial charge in [0.25, 0.3) is 0 Å². The van der Waals surface area contributed by atoms with Gasteiger partial charge in [0, 0.05) is 23.2 Å². The Bertz CT molecular complexity index is 1270. The third kappa shape index (κ3) is 5.49. The Labute approximate surface area is 217 Å². The number of anilines is 2. The zero-order valence-corrected chi connectivity index (χ0v) is 20.6. The second-order valence-electron chi connectivity index (χ2n) is 10.3. The Morgan fingerprint density at radius 1 is 0.541 bits per heavy atom. The van der Waals surface area contributed by atoms with Crippen molar-refractivity contribution in [1.82, 2.24) is 0 Å². The molecule has 0 heterocycles. The third-order valence-electron chi connectivity index (χ3n) is 7.56. The molecule has 4 nitrogen and oxygen atoms in total. The molecule has 2 N–H and O–H groups in total. The summed E-state index contributed by atoms with van der Waals surface area (Å²) in [4.78, 5) is 25.3. The summed E-state index contributed by atoms with van der Waals surface area (Å²) in [6, 6.07) is 36.6. The van der Waals surface area contributed by atoms with E-state index in [0.29, 0.717) is 11.8 Å². The summed E-state index contributed by atoms with van der Waals surface area (Å²) >= 11 is 0. The minimum absolute atomic E-state index is 0.0604. The largest absolute Gasteiger partial charge is 0.326 e. The van der Waals surface area contributed by atoms with Crippen molar-refractivity contribution in [3.05, 3.63) is 131 Å². The van der Waals surface area contributed by atoms with E-state index in [2.05, 4.69) is 59.2 Å². The van der Waals surface area contributed by atoms with Gasteiger partial charge in [-0.05, 0) is 77.6 Å². The summed E-state index contributed by atoms with van der Waals surface area (Å²) in [6.07, 6.45) is 2.62. The number of carbonyl (C=O) groups excluding carboxylic acids is 2. The second kappa shape index (κ2) is 10.1. The molecule has 0 radical (unpaired) electrons. The first kappa shape index (κ1) is 23.2. The maximum atomic E-state index is 12.6. The zero-order valence-electron chi connectivity index (χ0n) is 20.6. The fraction of sp³-hybridized carbons (Fsp3) is 0.212. The van der Waals surface area contributed by atoms with E-state index in [0.717, 1.165) is 30.6 Å². The summed E-state index contributed by atoms with van der Waals surface area (Å²) in [7, 11) is 0. The van der Waals surface area contributed by atoms with Crippen molar-refractivity contribution in [3.8, 4) is 0 Å². The van der Waals surface area contributed by atoms with Crippen LogP contribution >= 0.6 is 0 Å². The molecule has 4 aromatic rings. The monoisotopic (exact) mass is 486 g/mol. The Balaban J connectivity index is 0.985. The lowest BCUT2D eigenvalue weighted by Gasteiger charge is -2.09. The van der Waals surface area contributed by atoms with Gasteiger partial charge in [-0.1, -0.05) is 84.9 Å². The molecule has 2 aliphatic carbocycles. The number of carbonyl (C=O) groups is 2. The highest BCUT2D eigenvalue weighted by atomic mass is 16.2. The smallest absolute Gasteiger partial charge is 0.228 e. The van der Waals surface area contributed by atoms with Crippen LogP contribution in [0.25, 0.3) is 0 Å². The average Bonchev–Trinajstić information content (AvgIpc) is 3.86. The van der Waals surface area contributed by atoms with Crippen LogP contribution in [0.15, 0.2) is 109 Å². The SMILES string of the molecule is O=C(Nc1ccc(Cc2ccc(NC(=O)[C@@H]3C[C@@H]3c3ccccc3)cc2)cc1)[C@H]1C[C@H]1c1ccccc1. The first-order valence-corrected chi connectivity index (χ1v) is 13.0. The van der Waals surface area contributed by atoms with E-state index in [-0.39, 0.29) is 23.7 Å². The maximum Gasteiger partial charge on any atom is 0.228 e. The van der Waals surface area contributed by atoms with E-state index in [1.165, 1.54) is 22.3 Å². The molecule has 37 heavy (non-hydrogen) atoms. The van der Waals surface area contributed by atoms with Crippen molar-refractivity contribution < 1.29 is 9.59 Å². The lowest BCUT2D eigenvalue weighted by Crippen LogP contribution is -2.14. The summed E-state index contributed by atoms with van der Waals surface area (Å²) < 4.78 is 0. The van der Waals surface area contributed by atoms with Gasteiger partial charge in [0.05, 0.1) is 0 Å². The fourth-order valence-corrected chi connectivity index (χ4v) is 5.22. The van der Waals surface area contributed by atoms with E-state index in [4.69, 9.17) is 0 Å². The molecule has 0 spiro atoms. The van der Waals surface area contributed by atoms with Crippen LogP contribution in [-0.4, -0.2) is 11.8 Å². The van der Waals surface area contributed by atoms with Crippen molar-refractivity contribution in [2.45, 2.75) is 31.1 Å².